The molecular weight excluding hydrogens is 439 g/mol. The minimum absolute atomic E-state index is 0.0559. The largest absolute Gasteiger partial charge is 0.445 e. The molecule has 2 amide bonds. The van der Waals surface area contributed by atoms with E-state index < -0.39 is 18.7 Å². The molecule has 0 radical (unpaired) electrons. The number of nitrogens with zero attached hydrogens (tertiary/aromatic N) is 4. The van der Waals surface area contributed by atoms with E-state index in [0.29, 0.717) is 12.1 Å². The molecule has 0 unspecified atom stereocenters. The highest BCUT2D eigenvalue weighted by molar-refractivity contribution is 6.32. The van der Waals surface area contributed by atoms with Crippen molar-refractivity contribution in [1.29, 1.82) is 5.26 Å². The topological polar surface area (TPSA) is 122 Å². The summed E-state index contributed by atoms with van der Waals surface area (Å²) in [5.74, 6) is -1.15. The number of benzene rings is 1. The fourth-order valence-corrected chi connectivity index (χ4v) is 3.17. The van der Waals surface area contributed by atoms with E-state index in [4.69, 9.17) is 16.3 Å². The number of carbonyl (C=O) groups excluding carboxylic acids is 2. The van der Waals surface area contributed by atoms with Gasteiger partial charge < -0.3 is 15.4 Å². The number of hydrogen-bond donors (Lipinski definition) is 2. The summed E-state index contributed by atoms with van der Waals surface area (Å²) < 4.78 is 18.6. The number of alkyl halides is 1. The zero-order valence-electron chi connectivity index (χ0n) is 17.1. The van der Waals surface area contributed by atoms with Crippen LogP contribution in [0.5, 0.6) is 5.88 Å². The molecular formula is C21H18ClFN6O3. The summed E-state index contributed by atoms with van der Waals surface area (Å²) in [5, 5.41) is 18.8. The van der Waals surface area contributed by atoms with Crippen molar-refractivity contribution in [3.05, 3.63) is 63.9 Å². The molecule has 0 spiro atoms. The Balaban J connectivity index is 2.07. The Hall–Kier alpha value is -3.97. The van der Waals surface area contributed by atoms with Crippen LogP contribution in [0.3, 0.4) is 0 Å². The predicted molar refractivity (Wildman–Crippen MR) is 115 cm³/mol. The van der Waals surface area contributed by atoms with Crippen LogP contribution in [-0.2, 0) is 0 Å². The van der Waals surface area contributed by atoms with Crippen molar-refractivity contribution in [3.8, 4) is 17.8 Å². The normalized spacial score (nSPS) is 10.3. The Morgan fingerprint density at radius 2 is 2.09 bits per heavy atom. The van der Waals surface area contributed by atoms with Gasteiger partial charge in [-0.15, -0.1) is 5.10 Å². The highest BCUT2D eigenvalue weighted by atomic mass is 35.5. The van der Waals surface area contributed by atoms with E-state index in [0.717, 1.165) is 4.68 Å². The smallest absolute Gasteiger partial charge is 0.274 e. The van der Waals surface area contributed by atoms with Gasteiger partial charge in [0, 0.05) is 18.8 Å². The van der Waals surface area contributed by atoms with Crippen LogP contribution in [-0.4, -0.2) is 40.0 Å². The molecule has 32 heavy (non-hydrogen) atoms. The third-order valence-electron chi connectivity index (χ3n) is 4.35. The molecule has 2 aromatic heterocycles. The van der Waals surface area contributed by atoms with Gasteiger partial charge in [0.1, 0.15) is 5.69 Å². The number of aryl methyl sites for hydroxylation is 1. The first kappa shape index (κ1) is 22.7. The van der Waals surface area contributed by atoms with E-state index in [-0.39, 0.29) is 39.2 Å². The maximum atomic E-state index is 13.2. The van der Waals surface area contributed by atoms with E-state index in [2.05, 4.69) is 20.7 Å². The molecule has 2 heterocycles. The molecule has 0 fully saturated rings. The van der Waals surface area contributed by atoms with Crippen LogP contribution in [0.1, 0.15) is 38.9 Å². The van der Waals surface area contributed by atoms with Crippen molar-refractivity contribution in [2.75, 3.05) is 18.7 Å². The van der Waals surface area contributed by atoms with Crippen LogP contribution >= 0.6 is 11.6 Å². The molecule has 0 aliphatic carbocycles. The maximum Gasteiger partial charge on any atom is 0.274 e. The first-order chi connectivity index (χ1) is 15.4. The van der Waals surface area contributed by atoms with Gasteiger partial charge in [0.2, 0.25) is 12.7 Å². The Kier molecular flexibility index (Phi) is 7.02. The van der Waals surface area contributed by atoms with Gasteiger partial charge >= 0.3 is 0 Å². The van der Waals surface area contributed by atoms with Crippen LogP contribution in [0.4, 0.5) is 10.1 Å². The minimum Gasteiger partial charge on any atom is -0.445 e. The molecule has 11 heteroatoms. The van der Waals surface area contributed by atoms with E-state index in [1.807, 2.05) is 6.07 Å². The molecule has 1 aromatic carbocycles. The van der Waals surface area contributed by atoms with Gasteiger partial charge in [-0.2, -0.15) is 5.26 Å². The lowest BCUT2D eigenvalue weighted by molar-refractivity contribution is 0.0956. The standard InChI is InChI=1S/C21H18ClFN6O3/c1-3-25-20(30)14-8-13(10-24)7-12(2)18(14)27-21(31)16-9-17(32-11-23)28-29(16)19-15(22)5-4-6-26-19/h4-9H,3,11H2,1-2H3,(H,25,30)(H,27,31). The van der Waals surface area contributed by atoms with Crippen molar-refractivity contribution in [2.45, 2.75) is 13.8 Å². The molecule has 0 saturated carbocycles. The zero-order chi connectivity index (χ0) is 23.3. The first-order valence-corrected chi connectivity index (χ1v) is 9.81. The van der Waals surface area contributed by atoms with E-state index in [1.165, 1.54) is 18.3 Å². The lowest BCUT2D eigenvalue weighted by atomic mass is 10.0. The van der Waals surface area contributed by atoms with Gasteiger partial charge in [-0.1, -0.05) is 11.6 Å². The summed E-state index contributed by atoms with van der Waals surface area (Å²) in [7, 11) is 0. The number of pyridine rings is 1. The molecule has 3 rings (SSSR count). The number of aromatic nitrogens is 3. The van der Waals surface area contributed by atoms with Crippen molar-refractivity contribution >= 4 is 29.1 Å². The SMILES string of the molecule is CCNC(=O)c1cc(C#N)cc(C)c1NC(=O)c1cc(OCF)nn1-c1ncccc1Cl. The third-order valence-corrected chi connectivity index (χ3v) is 4.64. The Morgan fingerprint density at radius 1 is 1.31 bits per heavy atom. The first-order valence-electron chi connectivity index (χ1n) is 9.43. The summed E-state index contributed by atoms with van der Waals surface area (Å²) in [6.45, 7) is 2.61. The lowest BCUT2D eigenvalue weighted by Gasteiger charge is -2.15. The van der Waals surface area contributed by atoms with Gasteiger partial charge in [0.05, 0.1) is 27.9 Å². The number of ether oxygens (including phenoxy) is 1. The molecule has 0 aliphatic rings. The fourth-order valence-electron chi connectivity index (χ4n) is 2.97. The summed E-state index contributed by atoms with van der Waals surface area (Å²) in [6, 6.07) is 9.31. The number of halogens is 2. The Labute approximate surface area is 187 Å². The highest BCUT2D eigenvalue weighted by Crippen LogP contribution is 2.26. The van der Waals surface area contributed by atoms with Gasteiger partial charge in [0.25, 0.3) is 11.8 Å². The lowest BCUT2D eigenvalue weighted by Crippen LogP contribution is -2.26. The van der Waals surface area contributed by atoms with Gasteiger partial charge in [-0.25, -0.2) is 14.1 Å². The minimum atomic E-state index is -1.15. The number of carbonyl (C=O) groups is 2. The molecule has 0 bridgehead atoms. The van der Waals surface area contributed by atoms with Crippen LogP contribution in [0.25, 0.3) is 5.82 Å². The maximum absolute atomic E-state index is 13.2. The average Bonchev–Trinajstić information content (AvgIpc) is 3.19. The highest BCUT2D eigenvalue weighted by Gasteiger charge is 2.23. The number of rotatable bonds is 7. The third kappa shape index (κ3) is 4.68. The predicted octanol–water partition coefficient (Wildman–Crippen LogP) is 3.41. The number of amides is 2. The fraction of sp³-hybridized carbons (Fsp3) is 0.190. The second-order valence-corrected chi connectivity index (χ2v) is 6.89. The number of hydrogen-bond acceptors (Lipinski definition) is 6. The monoisotopic (exact) mass is 456 g/mol. The number of nitrogens with one attached hydrogen (secondary N) is 2. The van der Waals surface area contributed by atoms with E-state index >= 15 is 0 Å². The molecule has 3 aromatic rings. The van der Waals surface area contributed by atoms with Gasteiger partial charge in [-0.05, 0) is 43.7 Å². The van der Waals surface area contributed by atoms with Crippen molar-refractivity contribution < 1.29 is 18.7 Å². The summed E-state index contributed by atoms with van der Waals surface area (Å²) in [5.41, 5.74) is 1.05. The van der Waals surface area contributed by atoms with Gasteiger partial charge in [0.15, 0.2) is 5.82 Å². The Bertz CT molecular complexity index is 1220. The van der Waals surface area contributed by atoms with Crippen LogP contribution in [0.15, 0.2) is 36.5 Å². The van der Waals surface area contributed by atoms with Crippen LogP contribution in [0, 0.1) is 18.3 Å². The summed E-state index contributed by atoms with van der Waals surface area (Å²) in [4.78, 5) is 29.9. The molecule has 0 aliphatic heterocycles. The van der Waals surface area contributed by atoms with Crippen LogP contribution in [0.2, 0.25) is 5.02 Å². The molecule has 0 saturated heterocycles. The molecule has 2 N–H and O–H groups in total. The molecule has 9 nitrogen and oxygen atoms in total. The van der Waals surface area contributed by atoms with Crippen molar-refractivity contribution in [3.63, 3.8) is 0 Å². The van der Waals surface area contributed by atoms with Gasteiger partial charge in [-0.3, -0.25) is 9.59 Å². The molecule has 0 atom stereocenters. The second kappa shape index (κ2) is 9.89. The Morgan fingerprint density at radius 3 is 2.75 bits per heavy atom. The van der Waals surface area contributed by atoms with E-state index in [9.17, 15) is 19.2 Å². The van der Waals surface area contributed by atoms with Crippen molar-refractivity contribution in [2.24, 2.45) is 0 Å². The van der Waals surface area contributed by atoms with Crippen LogP contribution < -0.4 is 15.4 Å². The average molecular weight is 457 g/mol. The second-order valence-electron chi connectivity index (χ2n) is 6.48. The quantitative estimate of drug-likeness (QED) is 0.561. The van der Waals surface area contributed by atoms with Crippen molar-refractivity contribution in [1.82, 2.24) is 20.1 Å². The van der Waals surface area contributed by atoms with E-state index in [1.54, 1.807) is 32.0 Å². The number of nitriles is 1. The molecule has 164 valence electrons. The number of anilines is 1. The zero-order valence-corrected chi connectivity index (χ0v) is 17.9. The summed E-state index contributed by atoms with van der Waals surface area (Å²) in [6.07, 6.45) is 1.46. The summed E-state index contributed by atoms with van der Waals surface area (Å²) >= 11 is 6.19.